The average Bonchev–Trinajstić information content (AvgIpc) is 2.51. The second-order valence-corrected chi connectivity index (χ2v) is 5.06. The summed E-state index contributed by atoms with van der Waals surface area (Å²) in [6, 6.07) is 14.5. The molecule has 5 heteroatoms. The van der Waals surface area contributed by atoms with Crippen LogP contribution in [0.15, 0.2) is 59.6 Å². The molecule has 1 atom stereocenters. The summed E-state index contributed by atoms with van der Waals surface area (Å²) in [7, 11) is 0. The van der Waals surface area contributed by atoms with E-state index in [0.29, 0.717) is 16.1 Å². The number of hydrogen-bond donors (Lipinski definition) is 1. The highest BCUT2D eigenvalue weighted by Gasteiger charge is 2.32. The largest absolute Gasteiger partial charge is 0.342 e. The van der Waals surface area contributed by atoms with Crippen molar-refractivity contribution in [3.8, 4) is 0 Å². The van der Waals surface area contributed by atoms with E-state index in [0.717, 1.165) is 0 Å². The fourth-order valence-corrected chi connectivity index (χ4v) is 2.33. The predicted molar refractivity (Wildman–Crippen MR) is 80.7 cm³/mol. The number of urea groups is 1. The van der Waals surface area contributed by atoms with Crippen molar-refractivity contribution in [3.05, 3.63) is 70.7 Å². The molecule has 0 saturated carbocycles. The first-order valence-electron chi connectivity index (χ1n) is 6.39. The molecule has 21 heavy (non-hydrogen) atoms. The van der Waals surface area contributed by atoms with Crippen LogP contribution in [0.25, 0.3) is 0 Å². The molecule has 3 rings (SSSR count). The minimum absolute atomic E-state index is 0.180. The molecule has 0 bridgehead atoms. The average molecular weight is 299 g/mol. The Labute approximate surface area is 126 Å². The lowest BCUT2D eigenvalue weighted by molar-refractivity contribution is -0.114. The van der Waals surface area contributed by atoms with Gasteiger partial charge in [-0.3, -0.25) is 4.79 Å². The van der Waals surface area contributed by atoms with Crippen LogP contribution in [0.4, 0.5) is 4.79 Å². The lowest BCUT2D eigenvalue weighted by Crippen LogP contribution is -2.41. The zero-order valence-electron chi connectivity index (χ0n) is 10.9. The van der Waals surface area contributed by atoms with E-state index in [9.17, 15) is 9.59 Å². The van der Waals surface area contributed by atoms with Gasteiger partial charge in [-0.25, -0.2) is 4.79 Å². The van der Waals surface area contributed by atoms with Crippen molar-refractivity contribution in [1.82, 2.24) is 5.32 Å². The normalized spacial score (nSPS) is 18.1. The molecule has 0 aromatic heterocycles. The van der Waals surface area contributed by atoms with Crippen molar-refractivity contribution in [1.29, 1.82) is 0 Å². The van der Waals surface area contributed by atoms with Gasteiger partial charge in [0.1, 0.15) is 11.8 Å². The van der Waals surface area contributed by atoms with Crippen LogP contribution >= 0.6 is 11.6 Å². The highest BCUT2D eigenvalue weighted by atomic mass is 35.5. The minimum atomic E-state index is -0.734. The number of hydrogen-bond acceptors (Lipinski definition) is 2. The van der Waals surface area contributed by atoms with E-state index in [4.69, 9.17) is 11.6 Å². The van der Waals surface area contributed by atoms with Crippen LogP contribution in [0, 0.1) is 0 Å². The molecule has 0 aliphatic carbocycles. The lowest BCUT2D eigenvalue weighted by Gasteiger charge is -2.22. The van der Waals surface area contributed by atoms with Crippen molar-refractivity contribution in [2.75, 3.05) is 0 Å². The van der Waals surface area contributed by atoms with Crippen molar-refractivity contribution in [3.63, 3.8) is 0 Å². The number of carbonyl (C=O) groups is 2. The van der Waals surface area contributed by atoms with Gasteiger partial charge in [0.15, 0.2) is 0 Å². The standard InChI is InChI=1S/C16H11ClN2O2/c17-12-8-6-11(7-9-12)14-15(20)13(18-16(21)19-14)10-4-2-1-3-5-10/h1-9,14H,(H,19,21). The quantitative estimate of drug-likeness (QED) is 0.926. The number of nitrogens with one attached hydrogen (secondary N) is 1. The maximum Gasteiger partial charge on any atom is 0.342 e. The van der Waals surface area contributed by atoms with E-state index >= 15 is 0 Å². The van der Waals surface area contributed by atoms with Gasteiger partial charge in [0.05, 0.1) is 0 Å². The Kier molecular flexibility index (Phi) is 3.54. The number of benzene rings is 2. The Bertz CT molecular complexity index is 724. The first kappa shape index (κ1) is 13.5. The number of ketones is 1. The van der Waals surface area contributed by atoms with Crippen LogP contribution in [0.1, 0.15) is 17.2 Å². The van der Waals surface area contributed by atoms with Gasteiger partial charge < -0.3 is 5.32 Å². The fraction of sp³-hybridized carbons (Fsp3) is 0.0625. The van der Waals surface area contributed by atoms with Crippen LogP contribution in [0.3, 0.4) is 0 Å². The van der Waals surface area contributed by atoms with E-state index in [-0.39, 0.29) is 11.5 Å². The number of aliphatic imine (C=N–C) groups is 1. The van der Waals surface area contributed by atoms with Crippen LogP contribution in [0.5, 0.6) is 0 Å². The Morgan fingerprint density at radius 3 is 2.29 bits per heavy atom. The van der Waals surface area contributed by atoms with E-state index in [1.165, 1.54) is 0 Å². The van der Waals surface area contributed by atoms with Crippen molar-refractivity contribution in [2.45, 2.75) is 6.04 Å². The molecule has 0 spiro atoms. The Morgan fingerprint density at radius 2 is 1.62 bits per heavy atom. The molecular weight excluding hydrogens is 288 g/mol. The lowest BCUT2D eigenvalue weighted by atomic mass is 9.94. The Hall–Kier alpha value is -2.46. The molecule has 1 unspecified atom stereocenters. The third kappa shape index (κ3) is 2.71. The highest BCUT2D eigenvalue weighted by Crippen LogP contribution is 2.22. The third-order valence-electron chi connectivity index (χ3n) is 3.23. The molecule has 1 N–H and O–H groups in total. The van der Waals surface area contributed by atoms with Gasteiger partial charge >= 0.3 is 6.03 Å². The summed E-state index contributed by atoms with van der Waals surface area (Å²) in [6.45, 7) is 0. The van der Waals surface area contributed by atoms with Gasteiger partial charge in [-0.2, -0.15) is 4.99 Å². The third-order valence-corrected chi connectivity index (χ3v) is 3.48. The van der Waals surface area contributed by atoms with Crippen molar-refractivity contribution >= 4 is 29.1 Å². The molecule has 0 radical (unpaired) electrons. The molecule has 104 valence electrons. The topological polar surface area (TPSA) is 58.5 Å². The molecule has 1 heterocycles. The second kappa shape index (κ2) is 5.50. The summed E-state index contributed by atoms with van der Waals surface area (Å²) < 4.78 is 0. The van der Waals surface area contributed by atoms with E-state index < -0.39 is 12.1 Å². The molecule has 2 aromatic carbocycles. The SMILES string of the molecule is O=C1N=C(c2ccccc2)C(=O)C(c2ccc(Cl)cc2)N1. The number of halogens is 1. The van der Waals surface area contributed by atoms with Gasteiger partial charge in [0.2, 0.25) is 5.78 Å². The highest BCUT2D eigenvalue weighted by molar-refractivity contribution is 6.50. The number of amides is 2. The summed E-state index contributed by atoms with van der Waals surface area (Å²) in [5.41, 5.74) is 1.50. The van der Waals surface area contributed by atoms with Crippen LogP contribution < -0.4 is 5.32 Å². The number of nitrogens with zero attached hydrogens (tertiary/aromatic N) is 1. The van der Waals surface area contributed by atoms with Gasteiger partial charge in [0.25, 0.3) is 0 Å². The van der Waals surface area contributed by atoms with Crippen LogP contribution in [-0.4, -0.2) is 17.5 Å². The fourth-order valence-electron chi connectivity index (χ4n) is 2.21. The minimum Gasteiger partial charge on any atom is -0.322 e. The van der Waals surface area contributed by atoms with Gasteiger partial charge in [-0.05, 0) is 17.7 Å². The maximum absolute atomic E-state index is 12.6. The summed E-state index contributed by atoms with van der Waals surface area (Å²) in [5.74, 6) is -0.233. The smallest absolute Gasteiger partial charge is 0.322 e. The van der Waals surface area contributed by atoms with Gasteiger partial charge in [-0.1, -0.05) is 54.1 Å². The molecule has 0 saturated heterocycles. The molecular formula is C16H11ClN2O2. The Morgan fingerprint density at radius 1 is 0.952 bits per heavy atom. The predicted octanol–water partition coefficient (Wildman–Crippen LogP) is 3.16. The Balaban J connectivity index is 1.99. The molecule has 2 aromatic rings. The van der Waals surface area contributed by atoms with Crippen LogP contribution in [0.2, 0.25) is 5.02 Å². The van der Waals surface area contributed by atoms with E-state index in [2.05, 4.69) is 10.3 Å². The second-order valence-electron chi connectivity index (χ2n) is 4.62. The summed E-state index contributed by atoms with van der Waals surface area (Å²) in [4.78, 5) is 28.2. The molecule has 1 aliphatic rings. The van der Waals surface area contributed by atoms with Crippen LogP contribution in [-0.2, 0) is 4.79 Å². The first-order chi connectivity index (χ1) is 10.1. The number of carbonyl (C=O) groups excluding carboxylic acids is 2. The van der Waals surface area contributed by atoms with E-state index in [1.807, 2.05) is 6.07 Å². The number of rotatable bonds is 2. The summed E-state index contributed by atoms with van der Waals surface area (Å²) >= 11 is 5.84. The molecule has 1 aliphatic heterocycles. The summed E-state index contributed by atoms with van der Waals surface area (Å²) in [5, 5.41) is 3.16. The monoisotopic (exact) mass is 298 g/mol. The zero-order chi connectivity index (χ0) is 14.8. The zero-order valence-corrected chi connectivity index (χ0v) is 11.7. The molecule has 4 nitrogen and oxygen atoms in total. The van der Waals surface area contributed by atoms with Gasteiger partial charge in [-0.15, -0.1) is 0 Å². The van der Waals surface area contributed by atoms with E-state index in [1.54, 1.807) is 48.5 Å². The van der Waals surface area contributed by atoms with Crippen molar-refractivity contribution < 1.29 is 9.59 Å². The molecule has 0 fully saturated rings. The molecule has 2 amide bonds. The maximum atomic E-state index is 12.6. The number of Topliss-reactive ketones (excluding diaryl/α,β-unsaturated/α-hetero) is 1. The summed E-state index contributed by atoms with van der Waals surface area (Å²) in [6.07, 6.45) is 0. The first-order valence-corrected chi connectivity index (χ1v) is 6.77. The van der Waals surface area contributed by atoms with Crippen molar-refractivity contribution in [2.24, 2.45) is 4.99 Å². The van der Waals surface area contributed by atoms with Gasteiger partial charge in [0, 0.05) is 10.6 Å².